The topological polar surface area (TPSA) is 29.5 Å². The summed E-state index contributed by atoms with van der Waals surface area (Å²) < 4.78 is 5.65. The van der Waals surface area contributed by atoms with Crippen LogP contribution in [-0.4, -0.2) is 17.8 Å². The molecule has 0 spiro atoms. The van der Waals surface area contributed by atoms with Crippen molar-refractivity contribution in [1.82, 2.24) is 0 Å². The largest absolute Gasteiger partial charge is 0.393 e. The standard InChI is InChI=1S/C15H22O2/c1-3-8-14(15(16)4-2)12-17-11-13-9-6-5-7-10-13/h3,5-7,9-10,14-16H,1,4,8,11-12H2,2H3/t14-,15+/m0/s1. The predicted octanol–water partition coefficient (Wildman–Crippen LogP) is 3.17. The van der Waals surface area contributed by atoms with Crippen LogP contribution in [0, 0.1) is 5.92 Å². The first-order valence-corrected chi connectivity index (χ1v) is 6.18. The van der Waals surface area contributed by atoms with Crippen molar-refractivity contribution < 1.29 is 9.84 Å². The van der Waals surface area contributed by atoms with Gasteiger partial charge in [0.05, 0.1) is 19.3 Å². The summed E-state index contributed by atoms with van der Waals surface area (Å²) in [5.41, 5.74) is 1.16. The summed E-state index contributed by atoms with van der Waals surface area (Å²) >= 11 is 0. The molecule has 0 radical (unpaired) electrons. The summed E-state index contributed by atoms with van der Waals surface area (Å²) in [7, 11) is 0. The SMILES string of the molecule is C=CC[C@@H](COCc1ccccc1)[C@H](O)CC. The third-order valence-electron chi connectivity index (χ3n) is 2.88. The summed E-state index contributed by atoms with van der Waals surface area (Å²) in [5.74, 6) is 0.154. The van der Waals surface area contributed by atoms with Crippen LogP contribution in [0.3, 0.4) is 0 Å². The van der Waals surface area contributed by atoms with E-state index in [9.17, 15) is 5.11 Å². The van der Waals surface area contributed by atoms with Crippen LogP contribution in [0.4, 0.5) is 0 Å². The maximum Gasteiger partial charge on any atom is 0.0717 e. The fourth-order valence-corrected chi connectivity index (χ4v) is 1.79. The molecule has 1 N–H and O–H groups in total. The number of allylic oxidation sites excluding steroid dienone is 1. The fraction of sp³-hybridized carbons (Fsp3) is 0.467. The molecule has 2 heteroatoms. The summed E-state index contributed by atoms with van der Waals surface area (Å²) in [6, 6.07) is 10.1. The molecule has 0 fully saturated rings. The van der Waals surface area contributed by atoms with Gasteiger partial charge in [0, 0.05) is 5.92 Å². The Balaban J connectivity index is 2.34. The smallest absolute Gasteiger partial charge is 0.0717 e. The van der Waals surface area contributed by atoms with E-state index in [0.717, 1.165) is 18.4 Å². The van der Waals surface area contributed by atoms with Crippen LogP contribution >= 0.6 is 0 Å². The van der Waals surface area contributed by atoms with Gasteiger partial charge in [0.25, 0.3) is 0 Å². The van der Waals surface area contributed by atoms with Crippen molar-refractivity contribution in [1.29, 1.82) is 0 Å². The molecule has 0 saturated carbocycles. The molecule has 94 valence electrons. The Labute approximate surface area is 104 Å². The van der Waals surface area contributed by atoms with Crippen molar-refractivity contribution in [2.75, 3.05) is 6.61 Å². The molecule has 0 unspecified atom stereocenters. The highest BCUT2D eigenvalue weighted by atomic mass is 16.5. The molecule has 0 aliphatic rings. The third kappa shape index (κ3) is 5.16. The normalized spacial score (nSPS) is 14.2. The Hall–Kier alpha value is -1.12. The van der Waals surface area contributed by atoms with E-state index in [-0.39, 0.29) is 12.0 Å². The molecule has 0 heterocycles. The van der Waals surface area contributed by atoms with Gasteiger partial charge in [-0.1, -0.05) is 43.3 Å². The lowest BCUT2D eigenvalue weighted by Crippen LogP contribution is -2.23. The van der Waals surface area contributed by atoms with Gasteiger partial charge < -0.3 is 9.84 Å². The number of benzene rings is 1. The predicted molar refractivity (Wildman–Crippen MR) is 70.7 cm³/mol. The maximum atomic E-state index is 9.82. The molecule has 0 bridgehead atoms. The summed E-state index contributed by atoms with van der Waals surface area (Å²) in [6.45, 7) is 6.88. The number of aliphatic hydroxyl groups excluding tert-OH is 1. The Morgan fingerprint density at radius 3 is 2.65 bits per heavy atom. The van der Waals surface area contributed by atoms with Crippen molar-refractivity contribution in [3.63, 3.8) is 0 Å². The van der Waals surface area contributed by atoms with E-state index in [1.54, 1.807) is 0 Å². The van der Waals surface area contributed by atoms with Crippen LogP contribution in [0.5, 0.6) is 0 Å². The second-order valence-electron chi connectivity index (χ2n) is 4.26. The minimum absolute atomic E-state index is 0.154. The molecule has 1 rings (SSSR count). The first-order valence-electron chi connectivity index (χ1n) is 6.18. The van der Waals surface area contributed by atoms with Gasteiger partial charge in [0.2, 0.25) is 0 Å². The fourth-order valence-electron chi connectivity index (χ4n) is 1.79. The lowest BCUT2D eigenvalue weighted by molar-refractivity contribution is 0.0208. The summed E-state index contributed by atoms with van der Waals surface area (Å²) in [5, 5.41) is 9.82. The lowest BCUT2D eigenvalue weighted by atomic mass is 9.98. The Morgan fingerprint density at radius 2 is 2.06 bits per heavy atom. The summed E-state index contributed by atoms with van der Waals surface area (Å²) in [6.07, 6.45) is 3.09. The van der Waals surface area contributed by atoms with E-state index in [0.29, 0.717) is 13.2 Å². The van der Waals surface area contributed by atoms with Gasteiger partial charge in [-0.3, -0.25) is 0 Å². The van der Waals surface area contributed by atoms with Crippen LogP contribution in [-0.2, 0) is 11.3 Å². The van der Waals surface area contributed by atoms with Gasteiger partial charge in [0.1, 0.15) is 0 Å². The highest BCUT2D eigenvalue weighted by molar-refractivity contribution is 5.13. The van der Waals surface area contributed by atoms with Crippen molar-refractivity contribution in [3.8, 4) is 0 Å². The molecule has 0 aliphatic heterocycles. The number of ether oxygens (including phenoxy) is 1. The molecule has 0 aromatic heterocycles. The Kier molecular flexibility index (Phi) is 6.60. The average Bonchev–Trinajstić information content (AvgIpc) is 2.38. The van der Waals surface area contributed by atoms with Gasteiger partial charge in [-0.25, -0.2) is 0 Å². The van der Waals surface area contributed by atoms with Crippen molar-refractivity contribution in [2.45, 2.75) is 32.5 Å². The quantitative estimate of drug-likeness (QED) is 0.700. The van der Waals surface area contributed by atoms with Gasteiger partial charge in [-0.05, 0) is 18.4 Å². The van der Waals surface area contributed by atoms with Crippen molar-refractivity contribution in [2.24, 2.45) is 5.92 Å². The number of hydrogen-bond donors (Lipinski definition) is 1. The van der Waals surface area contributed by atoms with E-state index in [4.69, 9.17) is 4.74 Å². The number of aliphatic hydroxyl groups is 1. The van der Waals surface area contributed by atoms with Gasteiger partial charge in [0.15, 0.2) is 0 Å². The molecule has 2 atom stereocenters. The molecule has 0 aliphatic carbocycles. The molecule has 17 heavy (non-hydrogen) atoms. The molecule has 1 aromatic rings. The molecule has 1 aromatic carbocycles. The van der Waals surface area contributed by atoms with Crippen LogP contribution in [0.15, 0.2) is 43.0 Å². The first kappa shape index (κ1) is 13.9. The van der Waals surface area contributed by atoms with E-state index in [2.05, 4.69) is 6.58 Å². The van der Waals surface area contributed by atoms with Gasteiger partial charge in [-0.15, -0.1) is 6.58 Å². The van der Waals surface area contributed by atoms with E-state index in [1.807, 2.05) is 43.3 Å². The van der Waals surface area contributed by atoms with E-state index in [1.165, 1.54) is 0 Å². The maximum absolute atomic E-state index is 9.82. The second kappa shape index (κ2) is 8.04. The molecular weight excluding hydrogens is 212 g/mol. The summed E-state index contributed by atoms with van der Waals surface area (Å²) in [4.78, 5) is 0. The van der Waals surface area contributed by atoms with Crippen LogP contribution in [0.1, 0.15) is 25.3 Å². The first-order chi connectivity index (χ1) is 8.27. The second-order valence-corrected chi connectivity index (χ2v) is 4.26. The van der Waals surface area contributed by atoms with E-state index >= 15 is 0 Å². The number of hydrogen-bond acceptors (Lipinski definition) is 2. The Morgan fingerprint density at radius 1 is 1.35 bits per heavy atom. The van der Waals surface area contributed by atoms with Crippen molar-refractivity contribution in [3.05, 3.63) is 48.6 Å². The number of rotatable bonds is 8. The van der Waals surface area contributed by atoms with Crippen molar-refractivity contribution >= 4 is 0 Å². The zero-order valence-electron chi connectivity index (χ0n) is 10.5. The van der Waals surface area contributed by atoms with Gasteiger partial charge >= 0.3 is 0 Å². The zero-order valence-corrected chi connectivity index (χ0v) is 10.5. The Bertz CT molecular complexity index is 308. The molecule has 0 saturated heterocycles. The highest BCUT2D eigenvalue weighted by Gasteiger charge is 2.16. The monoisotopic (exact) mass is 234 g/mol. The van der Waals surface area contributed by atoms with Crippen LogP contribution in [0.25, 0.3) is 0 Å². The molecular formula is C15H22O2. The minimum Gasteiger partial charge on any atom is -0.393 e. The highest BCUT2D eigenvalue weighted by Crippen LogP contribution is 2.14. The lowest BCUT2D eigenvalue weighted by Gasteiger charge is -2.20. The van der Waals surface area contributed by atoms with Crippen LogP contribution in [0.2, 0.25) is 0 Å². The minimum atomic E-state index is -0.302. The molecule has 0 amide bonds. The zero-order chi connectivity index (χ0) is 12.5. The molecule has 2 nitrogen and oxygen atoms in total. The van der Waals surface area contributed by atoms with E-state index < -0.39 is 0 Å². The average molecular weight is 234 g/mol. The third-order valence-corrected chi connectivity index (χ3v) is 2.88. The van der Waals surface area contributed by atoms with Crippen LogP contribution < -0.4 is 0 Å². The van der Waals surface area contributed by atoms with Gasteiger partial charge in [-0.2, -0.15) is 0 Å².